The van der Waals surface area contributed by atoms with Gasteiger partial charge in [0.25, 0.3) is 0 Å². The predicted octanol–water partition coefficient (Wildman–Crippen LogP) is 4.33. The van der Waals surface area contributed by atoms with Gasteiger partial charge in [-0.1, -0.05) is 72.8 Å². The molecule has 3 rings (SSSR count). The fraction of sp³-hybridized carbons (Fsp3) is 0.0952. The van der Waals surface area contributed by atoms with E-state index in [1.807, 2.05) is 66.9 Å². The second-order valence-electron chi connectivity index (χ2n) is 5.59. The van der Waals surface area contributed by atoms with Gasteiger partial charge in [-0.15, -0.1) is 0 Å². The van der Waals surface area contributed by atoms with Crippen molar-refractivity contribution in [1.29, 1.82) is 0 Å². The largest absolute Gasteiger partial charge is 0.623 e. The molecule has 0 aliphatic heterocycles. The van der Waals surface area contributed by atoms with Gasteiger partial charge < -0.3 is 9.77 Å². The molecule has 0 aliphatic rings. The van der Waals surface area contributed by atoms with Crippen molar-refractivity contribution in [3.63, 3.8) is 0 Å². The van der Waals surface area contributed by atoms with E-state index in [-0.39, 0.29) is 0 Å². The molecule has 2 aromatic carbocycles. The van der Waals surface area contributed by atoms with Gasteiger partial charge in [-0.05, 0) is 17.7 Å². The van der Waals surface area contributed by atoms with Gasteiger partial charge in [0, 0.05) is 18.3 Å². The minimum absolute atomic E-state index is 0.353. The van der Waals surface area contributed by atoms with E-state index in [1.54, 1.807) is 6.21 Å². The summed E-state index contributed by atoms with van der Waals surface area (Å²) >= 11 is 0. The SMILES string of the molecule is [O-]/[N+](=C\c1cccn1C/C=C/c1ccccc1)Cc1ccccc1. The quantitative estimate of drug-likeness (QED) is 0.288. The molecule has 0 saturated heterocycles. The van der Waals surface area contributed by atoms with Gasteiger partial charge in [-0.2, -0.15) is 0 Å². The first-order chi connectivity index (χ1) is 11.8. The van der Waals surface area contributed by atoms with Gasteiger partial charge >= 0.3 is 0 Å². The van der Waals surface area contributed by atoms with E-state index in [0.717, 1.165) is 22.5 Å². The zero-order valence-electron chi connectivity index (χ0n) is 13.5. The summed E-state index contributed by atoms with van der Waals surface area (Å²) in [5, 5.41) is 12.2. The summed E-state index contributed by atoms with van der Waals surface area (Å²) in [7, 11) is 0. The average molecular weight is 316 g/mol. The van der Waals surface area contributed by atoms with Crippen LogP contribution in [0.5, 0.6) is 0 Å². The molecule has 3 aromatic rings. The van der Waals surface area contributed by atoms with Crippen molar-refractivity contribution < 1.29 is 4.74 Å². The topological polar surface area (TPSA) is 31.0 Å². The Morgan fingerprint density at radius 1 is 0.875 bits per heavy atom. The lowest BCUT2D eigenvalue weighted by Crippen LogP contribution is -2.09. The van der Waals surface area contributed by atoms with E-state index in [9.17, 15) is 5.21 Å². The number of nitrogens with zero attached hydrogens (tertiary/aromatic N) is 2. The monoisotopic (exact) mass is 316 g/mol. The molecule has 0 bridgehead atoms. The van der Waals surface area contributed by atoms with Gasteiger partial charge in [0.2, 0.25) is 0 Å². The fourth-order valence-corrected chi connectivity index (χ4v) is 2.53. The minimum atomic E-state index is 0.353. The fourth-order valence-electron chi connectivity index (χ4n) is 2.53. The van der Waals surface area contributed by atoms with Crippen molar-refractivity contribution in [2.75, 3.05) is 0 Å². The van der Waals surface area contributed by atoms with Crippen LogP contribution in [0.3, 0.4) is 0 Å². The van der Waals surface area contributed by atoms with Crippen molar-refractivity contribution in [2.24, 2.45) is 0 Å². The lowest BCUT2D eigenvalue weighted by Gasteiger charge is -2.06. The molecule has 1 aromatic heterocycles. The number of rotatable bonds is 6. The van der Waals surface area contributed by atoms with E-state index >= 15 is 0 Å². The van der Waals surface area contributed by atoms with E-state index in [4.69, 9.17) is 0 Å². The van der Waals surface area contributed by atoms with Gasteiger partial charge in [-0.25, -0.2) is 4.74 Å². The molecule has 3 heteroatoms. The van der Waals surface area contributed by atoms with Crippen molar-refractivity contribution >= 4 is 12.3 Å². The summed E-state index contributed by atoms with van der Waals surface area (Å²) in [6.45, 7) is 1.08. The molecule has 0 N–H and O–H groups in total. The molecule has 0 aliphatic carbocycles. The Labute approximate surface area is 142 Å². The predicted molar refractivity (Wildman–Crippen MR) is 98.8 cm³/mol. The second kappa shape index (κ2) is 7.97. The summed E-state index contributed by atoms with van der Waals surface area (Å²) in [4.78, 5) is 0. The molecule has 3 nitrogen and oxygen atoms in total. The van der Waals surface area contributed by atoms with E-state index in [0.29, 0.717) is 6.54 Å². The van der Waals surface area contributed by atoms with Crippen LogP contribution >= 0.6 is 0 Å². The molecule has 0 spiro atoms. The first-order valence-corrected chi connectivity index (χ1v) is 8.00. The summed E-state index contributed by atoms with van der Waals surface area (Å²) in [5.74, 6) is 0. The average Bonchev–Trinajstić information content (AvgIpc) is 3.04. The van der Waals surface area contributed by atoms with Crippen LogP contribution in [-0.4, -0.2) is 15.5 Å². The Hall–Kier alpha value is -3.07. The number of hydroxylamine groups is 1. The highest BCUT2D eigenvalue weighted by atomic mass is 16.5. The Morgan fingerprint density at radius 2 is 1.58 bits per heavy atom. The Kier molecular flexibility index (Phi) is 5.25. The molecule has 0 radical (unpaired) electrons. The highest BCUT2D eigenvalue weighted by molar-refractivity contribution is 5.73. The number of benzene rings is 2. The first-order valence-electron chi connectivity index (χ1n) is 8.00. The van der Waals surface area contributed by atoms with Gasteiger partial charge in [-0.3, -0.25) is 0 Å². The lowest BCUT2D eigenvalue weighted by atomic mass is 10.2. The van der Waals surface area contributed by atoms with Crippen LogP contribution in [0.4, 0.5) is 0 Å². The Morgan fingerprint density at radius 3 is 2.33 bits per heavy atom. The first kappa shape index (κ1) is 15.8. The van der Waals surface area contributed by atoms with Gasteiger partial charge in [0.1, 0.15) is 5.69 Å². The Bertz CT molecular complexity index is 817. The second-order valence-corrected chi connectivity index (χ2v) is 5.59. The third-order valence-corrected chi connectivity index (χ3v) is 3.73. The van der Waals surface area contributed by atoms with Crippen LogP contribution in [0.15, 0.2) is 85.1 Å². The maximum atomic E-state index is 12.2. The summed E-state index contributed by atoms with van der Waals surface area (Å²) in [6, 6.07) is 23.8. The molecule has 0 saturated carbocycles. The van der Waals surface area contributed by atoms with Gasteiger partial charge in [0.15, 0.2) is 12.8 Å². The van der Waals surface area contributed by atoms with E-state index in [1.165, 1.54) is 5.56 Å². The highest BCUT2D eigenvalue weighted by Gasteiger charge is 2.02. The van der Waals surface area contributed by atoms with Crippen LogP contribution in [0.25, 0.3) is 6.08 Å². The van der Waals surface area contributed by atoms with Crippen molar-refractivity contribution in [2.45, 2.75) is 13.1 Å². The lowest BCUT2D eigenvalue weighted by molar-refractivity contribution is -0.469. The number of hydrogen-bond donors (Lipinski definition) is 0. The van der Waals surface area contributed by atoms with Crippen LogP contribution in [-0.2, 0) is 13.1 Å². The third kappa shape index (κ3) is 4.46. The summed E-state index contributed by atoms with van der Waals surface area (Å²) in [6.07, 6.45) is 7.81. The van der Waals surface area contributed by atoms with Gasteiger partial charge in [0.05, 0.1) is 0 Å². The summed E-state index contributed by atoms with van der Waals surface area (Å²) in [5.41, 5.74) is 3.08. The zero-order valence-corrected chi connectivity index (χ0v) is 13.5. The molecule has 0 unspecified atom stereocenters. The molecular formula is C21H20N2O. The highest BCUT2D eigenvalue weighted by Crippen LogP contribution is 2.05. The maximum Gasteiger partial charge on any atom is 0.198 e. The van der Waals surface area contributed by atoms with E-state index < -0.39 is 0 Å². The van der Waals surface area contributed by atoms with Crippen LogP contribution < -0.4 is 0 Å². The Balaban J connectivity index is 1.66. The van der Waals surface area contributed by atoms with Crippen LogP contribution in [0.1, 0.15) is 16.8 Å². The zero-order chi connectivity index (χ0) is 16.6. The van der Waals surface area contributed by atoms with Crippen LogP contribution in [0, 0.1) is 5.21 Å². The molecule has 0 fully saturated rings. The molecule has 0 atom stereocenters. The normalized spacial score (nSPS) is 11.9. The third-order valence-electron chi connectivity index (χ3n) is 3.73. The van der Waals surface area contributed by atoms with E-state index in [2.05, 4.69) is 28.9 Å². The smallest absolute Gasteiger partial charge is 0.198 e. The van der Waals surface area contributed by atoms with Crippen molar-refractivity contribution in [3.05, 3.63) is 107 Å². The summed E-state index contributed by atoms with van der Waals surface area (Å²) < 4.78 is 3.03. The standard InChI is InChI=1S/C21H20N2O/c24-23(17-20-11-5-2-6-12-20)18-21-14-8-16-22(21)15-7-13-19-9-3-1-4-10-19/h1-14,16,18H,15,17H2/b13-7+,23-18-. The molecule has 1 heterocycles. The van der Waals surface area contributed by atoms with Crippen LogP contribution in [0.2, 0.25) is 0 Å². The molecule has 0 amide bonds. The number of hydrogen-bond acceptors (Lipinski definition) is 1. The number of allylic oxidation sites excluding steroid dienone is 1. The van der Waals surface area contributed by atoms with Crippen molar-refractivity contribution in [3.8, 4) is 0 Å². The molecule has 24 heavy (non-hydrogen) atoms. The van der Waals surface area contributed by atoms with Crippen molar-refractivity contribution in [1.82, 2.24) is 4.57 Å². The minimum Gasteiger partial charge on any atom is -0.623 e. The maximum absolute atomic E-state index is 12.2. The molecule has 120 valence electrons. The number of aromatic nitrogens is 1. The molecular weight excluding hydrogens is 296 g/mol.